The molecule has 1 aromatic heterocycles. The van der Waals surface area contributed by atoms with Gasteiger partial charge < -0.3 is 11.5 Å². The molecule has 0 atom stereocenters. The average molecular weight is 214 g/mol. The number of hydrogen-bond donors (Lipinski definition) is 2. The Labute approximate surface area is 93.8 Å². The highest BCUT2D eigenvalue weighted by Gasteiger charge is 2.10. The summed E-state index contributed by atoms with van der Waals surface area (Å²) in [7, 11) is 0. The van der Waals surface area contributed by atoms with Crippen molar-refractivity contribution >= 4 is 22.3 Å². The Kier molecular flexibility index (Phi) is 2.40. The van der Waals surface area contributed by atoms with Crippen LogP contribution in [0.25, 0.3) is 16.6 Å². The van der Waals surface area contributed by atoms with Crippen LogP contribution < -0.4 is 11.5 Å². The fourth-order valence-electron chi connectivity index (χ4n) is 1.69. The maximum absolute atomic E-state index is 5.75. The molecule has 16 heavy (non-hydrogen) atoms. The van der Waals surface area contributed by atoms with Crippen molar-refractivity contribution in [2.24, 2.45) is 5.73 Å². The second-order valence-electron chi connectivity index (χ2n) is 3.62. The lowest BCUT2D eigenvalue weighted by atomic mass is 10.1. The van der Waals surface area contributed by atoms with Crippen molar-refractivity contribution in [3.63, 3.8) is 0 Å². The number of benzene rings is 1. The lowest BCUT2D eigenvalue weighted by Gasteiger charge is -1.99. The number of rotatable bonds is 3. The van der Waals surface area contributed by atoms with Crippen molar-refractivity contribution in [2.45, 2.75) is 6.54 Å². The van der Waals surface area contributed by atoms with E-state index < -0.39 is 0 Å². The normalized spacial score (nSPS) is 10.5. The largest absolute Gasteiger partial charge is 0.399 e. The molecular formula is C12H14N4. The second-order valence-corrected chi connectivity index (χ2v) is 3.62. The van der Waals surface area contributed by atoms with Gasteiger partial charge in [-0.25, -0.2) is 0 Å². The number of aromatic nitrogens is 2. The zero-order valence-electron chi connectivity index (χ0n) is 8.98. The van der Waals surface area contributed by atoms with E-state index in [1.54, 1.807) is 6.08 Å². The van der Waals surface area contributed by atoms with E-state index in [2.05, 4.69) is 18.3 Å². The third kappa shape index (κ3) is 1.54. The van der Waals surface area contributed by atoms with E-state index in [9.17, 15) is 0 Å². The van der Waals surface area contributed by atoms with Gasteiger partial charge in [0.2, 0.25) is 0 Å². The van der Waals surface area contributed by atoms with Crippen LogP contribution in [0, 0.1) is 0 Å². The van der Waals surface area contributed by atoms with Crippen LogP contribution in [-0.4, -0.2) is 9.78 Å². The molecule has 0 unspecified atom stereocenters. The monoisotopic (exact) mass is 214 g/mol. The second kappa shape index (κ2) is 3.73. The molecule has 4 N–H and O–H groups in total. The Morgan fingerprint density at radius 1 is 1.50 bits per heavy atom. The molecule has 0 aliphatic carbocycles. The van der Waals surface area contributed by atoms with Gasteiger partial charge >= 0.3 is 0 Å². The topological polar surface area (TPSA) is 69.9 Å². The van der Waals surface area contributed by atoms with Crippen LogP contribution in [0.2, 0.25) is 0 Å². The van der Waals surface area contributed by atoms with E-state index >= 15 is 0 Å². The van der Waals surface area contributed by atoms with Gasteiger partial charge in [-0.1, -0.05) is 12.7 Å². The van der Waals surface area contributed by atoms with Crippen LogP contribution in [0.1, 0.15) is 5.69 Å². The number of hydrogen-bond acceptors (Lipinski definition) is 3. The van der Waals surface area contributed by atoms with Crippen LogP contribution in [0.5, 0.6) is 0 Å². The summed E-state index contributed by atoms with van der Waals surface area (Å²) in [5.74, 6) is 0. The number of allylic oxidation sites excluding steroid dienone is 1. The van der Waals surface area contributed by atoms with Gasteiger partial charge in [-0.3, -0.25) is 4.68 Å². The first-order valence-corrected chi connectivity index (χ1v) is 4.95. The molecule has 0 aliphatic rings. The van der Waals surface area contributed by atoms with Gasteiger partial charge in [0.25, 0.3) is 0 Å². The molecule has 4 heteroatoms. The molecule has 1 heterocycles. The zero-order chi connectivity index (χ0) is 11.7. The highest BCUT2D eigenvalue weighted by atomic mass is 15.3. The SMILES string of the molecule is C=CCn1nc(C(=C)N)c2ccc(N)cc21. The Morgan fingerprint density at radius 3 is 2.88 bits per heavy atom. The van der Waals surface area contributed by atoms with E-state index in [4.69, 9.17) is 11.5 Å². The first-order valence-electron chi connectivity index (χ1n) is 4.95. The summed E-state index contributed by atoms with van der Waals surface area (Å²) in [4.78, 5) is 0. The van der Waals surface area contributed by atoms with Crippen LogP contribution in [0.15, 0.2) is 37.4 Å². The number of nitrogens with two attached hydrogens (primary N) is 2. The van der Waals surface area contributed by atoms with Gasteiger partial charge in [0.15, 0.2) is 0 Å². The van der Waals surface area contributed by atoms with Crippen molar-refractivity contribution in [2.75, 3.05) is 5.73 Å². The number of anilines is 1. The van der Waals surface area contributed by atoms with Crippen molar-refractivity contribution in [3.05, 3.63) is 43.1 Å². The molecule has 0 radical (unpaired) electrons. The average Bonchev–Trinajstić information content (AvgIpc) is 2.58. The number of nitrogen functional groups attached to an aromatic ring is 1. The summed E-state index contributed by atoms with van der Waals surface area (Å²) in [5, 5.41) is 5.35. The smallest absolute Gasteiger partial charge is 0.115 e. The van der Waals surface area contributed by atoms with E-state index in [0.717, 1.165) is 10.9 Å². The van der Waals surface area contributed by atoms with E-state index in [1.807, 2.05) is 22.9 Å². The summed E-state index contributed by atoms with van der Waals surface area (Å²) >= 11 is 0. The van der Waals surface area contributed by atoms with Crippen LogP contribution in [0.4, 0.5) is 5.69 Å². The fraction of sp³-hybridized carbons (Fsp3) is 0.0833. The minimum atomic E-state index is 0.456. The molecular weight excluding hydrogens is 200 g/mol. The predicted molar refractivity (Wildman–Crippen MR) is 67.6 cm³/mol. The van der Waals surface area contributed by atoms with Gasteiger partial charge in [-0.15, -0.1) is 6.58 Å². The highest BCUT2D eigenvalue weighted by molar-refractivity contribution is 5.91. The molecule has 0 spiro atoms. The molecule has 0 saturated heterocycles. The van der Waals surface area contributed by atoms with E-state index in [1.165, 1.54) is 0 Å². The lowest BCUT2D eigenvalue weighted by Crippen LogP contribution is -2.00. The quantitative estimate of drug-likeness (QED) is 0.604. The number of fused-ring (bicyclic) bond motifs is 1. The fourth-order valence-corrected chi connectivity index (χ4v) is 1.69. The molecule has 0 bridgehead atoms. The summed E-state index contributed by atoms with van der Waals surface area (Å²) in [6.45, 7) is 8.03. The predicted octanol–water partition coefficient (Wildman–Crippen LogP) is 1.73. The van der Waals surface area contributed by atoms with Crippen molar-refractivity contribution in [3.8, 4) is 0 Å². The van der Waals surface area contributed by atoms with Crippen molar-refractivity contribution in [1.29, 1.82) is 0 Å². The maximum Gasteiger partial charge on any atom is 0.115 e. The Hall–Kier alpha value is -2.23. The third-order valence-corrected chi connectivity index (χ3v) is 2.38. The third-order valence-electron chi connectivity index (χ3n) is 2.38. The van der Waals surface area contributed by atoms with E-state index in [-0.39, 0.29) is 0 Å². The number of nitrogens with zero attached hydrogens (tertiary/aromatic N) is 2. The standard InChI is InChI=1S/C12H14N4/c1-3-6-16-11-7-9(14)4-5-10(11)12(15-16)8(2)13/h3-5,7H,1-2,6,13-14H2. The molecule has 2 aromatic rings. The summed E-state index contributed by atoms with van der Waals surface area (Å²) in [6.07, 6.45) is 1.78. The molecule has 4 nitrogen and oxygen atoms in total. The molecule has 1 aromatic carbocycles. The van der Waals surface area contributed by atoms with Crippen LogP contribution in [0.3, 0.4) is 0 Å². The minimum absolute atomic E-state index is 0.456. The first-order chi connectivity index (χ1) is 7.63. The summed E-state index contributed by atoms with van der Waals surface area (Å²) < 4.78 is 1.81. The first kappa shape index (κ1) is 10.3. The Bertz CT molecular complexity index is 566. The maximum atomic E-state index is 5.75. The molecule has 0 saturated carbocycles. The van der Waals surface area contributed by atoms with Crippen LogP contribution in [-0.2, 0) is 6.54 Å². The molecule has 0 amide bonds. The Morgan fingerprint density at radius 2 is 2.25 bits per heavy atom. The van der Waals surface area contributed by atoms with E-state index in [0.29, 0.717) is 23.6 Å². The Balaban J connectivity index is 2.75. The summed E-state index contributed by atoms with van der Waals surface area (Å²) in [5.41, 5.74) is 14.3. The molecule has 0 aliphatic heterocycles. The van der Waals surface area contributed by atoms with Gasteiger partial charge in [0, 0.05) is 11.1 Å². The van der Waals surface area contributed by atoms with Crippen molar-refractivity contribution in [1.82, 2.24) is 9.78 Å². The summed E-state index contributed by atoms with van der Waals surface area (Å²) in [6, 6.07) is 5.61. The van der Waals surface area contributed by atoms with Gasteiger partial charge in [-0.05, 0) is 18.2 Å². The highest BCUT2D eigenvalue weighted by Crippen LogP contribution is 2.23. The minimum Gasteiger partial charge on any atom is -0.399 e. The van der Waals surface area contributed by atoms with Gasteiger partial charge in [-0.2, -0.15) is 5.10 Å². The lowest BCUT2D eigenvalue weighted by molar-refractivity contribution is 0.725. The van der Waals surface area contributed by atoms with Gasteiger partial charge in [0.1, 0.15) is 5.69 Å². The van der Waals surface area contributed by atoms with Gasteiger partial charge in [0.05, 0.1) is 17.8 Å². The molecule has 0 fully saturated rings. The van der Waals surface area contributed by atoms with Crippen molar-refractivity contribution < 1.29 is 0 Å². The zero-order valence-corrected chi connectivity index (χ0v) is 8.98. The molecule has 82 valence electrons. The molecule has 2 rings (SSSR count). The van der Waals surface area contributed by atoms with Crippen LogP contribution >= 0.6 is 0 Å².